The Morgan fingerprint density at radius 3 is 2.52 bits per heavy atom. The van der Waals surface area contributed by atoms with Crippen LogP contribution in [0.2, 0.25) is 5.02 Å². The second kappa shape index (κ2) is 8.37. The van der Waals surface area contributed by atoms with E-state index in [2.05, 4.69) is 15.1 Å². The predicted molar refractivity (Wildman–Crippen MR) is 106 cm³/mol. The van der Waals surface area contributed by atoms with Gasteiger partial charge in [-0.25, -0.2) is 0 Å². The number of nitro groups is 1. The molecule has 1 atom stereocenters. The Morgan fingerprint density at radius 2 is 1.85 bits per heavy atom. The van der Waals surface area contributed by atoms with Gasteiger partial charge in [-0.1, -0.05) is 29.8 Å². The molecule has 0 aromatic heterocycles. The Kier molecular flexibility index (Phi) is 5.93. The summed E-state index contributed by atoms with van der Waals surface area (Å²) in [7, 11) is 0. The summed E-state index contributed by atoms with van der Waals surface area (Å²) in [5, 5.41) is 14.5. The van der Waals surface area contributed by atoms with Gasteiger partial charge in [0.05, 0.1) is 11.0 Å². The molecule has 1 aliphatic rings. The molecule has 1 amide bonds. The highest BCUT2D eigenvalue weighted by atomic mass is 35.5. The molecule has 0 saturated carbocycles. The van der Waals surface area contributed by atoms with Gasteiger partial charge in [-0.2, -0.15) is 0 Å². The molecule has 3 rings (SSSR count). The minimum atomic E-state index is -0.496. The molecule has 1 saturated heterocycles. The third kappa shape index (κ3) is 4.56. The van der Waals surface area contributed by atoms with Gasteiger partial charge in [-0.15, -0.1) is 0 Å². The number of halogens is 1. The summed E-state index contributed by atoms with van der Waals surface area (Å²) >= 11 is 6.06. The fraction of sp³-hybridized carbons (Fsp3) is 0.316. The van der Waals surface area contributed by atoms with Crippen molar-refractivity contribution in [2.45, 2.75) is 13.0 Å². The lowest BCUT2D eigenvalue weighted by atomic mass is 10.2. The van der Waals surface area contributed by atoms with Gasteiger partial charge in [0.15, 0.2) is 0 Å². The molecule has 2 aromatic rings. The van der Waals surface area contributed by atoms with Crippen LogP contribution in [-0.2, 0) is 4.79 Å². The summed E-state index contributed by atoms with van der Waals surface area (Å²) in [4.78, 5) is 27.5. The van der Waals surface area contributed by atoms with E-state index in [9.17, 15) is 14.9 Å². The van der Waals surface area contributed by atoms with Crippen molar-refractivity contribution in [2.24, 2.45) is 0 Å². The lowest BCUT2D eigenvalue weighted by molar-refractivity contribution is -0.383. The normalized spacial score (nSPS) is 16.0. The smallest absolute Gasteiger partial charge is 0.292 e. The topological polar surface area (TPSA) is 78.7 Å². The van der Waals surface area contributed by atoms with Crippen LogP contribution >= 0.6 is 11.6 Å². The maximum Gasteiger partial charge on any atom is 0.292 e. The number of piperazine rings is 1. The molecular formula is C19H21ClN4O3. The minimum absolute atomic E-state index is 0.108. The van der Waals surface area contributed by atoms with Crippen LogP contribution in [-0.4, -0.2) is 48.0 Å². The quantitative estimate of drug-likeness (QED) is 0.627. The zero-order valence-electron chi connectivity index (χ0n) is 15.0. The summed E-state index contributed by atoms with van der Waals surface area (Å²) < 4.78 is 0. The number of hydrogen-bond acceptors (Lipinski definition) is 5. The third-order valence-corrected chi connectivity index (χ3v) is 5.01. The fourth-order valence-corrected chi connectivity index (χ4v) is 3.37. The zero-order chi connectivity index (χ0) is 19.4. The number of nitrogens with one attached hydrogen (secondary N) is 1. The number of benzene rings is 2. The molecule has 1 fully saturated rings. The van der Waals surface area contributed by atoms with Crippen LogP contribution < -0.4 is 10.2 Å². The molecule has 1 aliphatic heterocycles. The van der Waals surface area contributed by atoms with Crippen molar-refractivity contribution in [3.05, 3.63) is 63.7 Å². The molecule has 27 heavy (non-hydrogen) atoms. The number of amides is 1. The van der Waals surface area contributed by atoms with E-state index in [0.717, 1.165) is 31.9 Å². The Balaban J connectivity index is 1.60. The largest absolute Gasteiger partial charge is 0.369 e. The summed E-state index contributed by atoms with van der Waals surface area (Å²) in [6.45, 7) is 4.82. The molecule has 0 unspecified atom stereocenters. The van der Waals surface area contributed by atoms with Crippen molar-refractivity contribution in [3.8, 4) is 0 Å². The van der Waals surface area contributed by atoms with Gasteiger partial charge < -0.3 is 10.2 Å². The van der Waals surface area contributed by atoms with Gasteiger partial charge in [0.25, 0.3) is 5.69 Å². The second-order valence-electron chi connectivity index (χ2n) is 6.44. The van der Waals surface area contributed by atoms with Gasteiger partial charge in [0.2, 0.25) is 5.91 Å². The van der Waals surface area contributed by atoms with Crippen molar-refractivity contribution in [3.63, 3.8) is 0 Å². The number of para-hydroxylation sites is 2. The predicted octanol–water partition coefficient (Wildman–Crippen LogP) is 3.40. The first-order chi connectivity index (χ1) is 13.0. The molecule has 0 radical (unpaired) electrons. The average molecular weight is 389 g/mol. The van der Waals surface area contributed by atoms with Crippen molar-refractivity contribution >= 4 is 34.6 Å². The highest BCUT2D eigenvalue weighted by Crippen LogP contribution is 2.24. The maximum atomic E-state index is 12.6. The number of hydrogen-bond donors (Lipinski definition) is 1. The van der Waals surface area contributed by atoms with Gasteiger partial charge in [-0.3, -0.25) is 19.8 Å². The van der Waals surface area contributed by atoms with Crippen LogP contribution in [0.3, 0.4) is 0 Å². The molecular weight excluding hydrogens is 368 g/mol. The standard InChI is InChI=1S/C19H21ClN4O3/c1-14(19(25)21-17-7-2-3-8-18(17)24(26)27)22-9-11-23(12-10-22)16-6-4-5-15(20)13-16/h2-8,13-14H,9-12H2,1H3,(H,21,25)/t14-/m0/s1. The van der Waals surface area contributed by atoms with E-state index in [4.69, 9.17) is 11.6 Å². The molecule has 1 N–H and O–H groups in total. The van der Waals surface area contributed by atoms with E-state index >= 15 is 0 Å². The van der Waals surface area contributed by atoms with Gasteiger partial charge in [-0.05, 0) is 31.2 Å². The summed E-state index contributed by atoms with van der Waals surface area (Å²) in [6.07, 6.45) is 0. The van der Waals surface area contributed by atoms with Gasteiger partial charge >= 0.3 is 0 Å². The van der Waals surface area contributed by atoms with E-state index in [1.54, 1.807) is 18.2 Å². The maximum absolute atomic E-state index is 12.6. The lowest BCUT2D eigenvalue weighted by Crippen LogP contribution is -2.52. The van der Waals surface area contributed by atoms with Crippen molar-refractivity contribution in [1.82, 2.24) is 4.90 Å². The number of carbonyl (C=O) groups is 1. The summed E-state index contributed by atoms with van der Waals surface area (Å²) in [6, 6.07) is 13.5. The van der Waals surface area contributed by atoms with E-state index in [-0.39, 0.29) is 23.3 Å². The van der Waals surface area contributed by atoms with Gasteiger partial charge in [0.1, 0.15) is 5.69 Å². The van der Waals surface area contributed by atoms with Crippen LogP contribution in [0, 0.1) is 10.1 Å². The molecule has 8 heteroatoms. The first-order valence-electron chi connectivity index (χ1n) is 8.74. The molecule has 0 spiro atoms. The van der Waals surface area contributed by atoms with Crippen LogP contribution in [0.25, 0.3) is 0 Å². The second-order valence-corrected chi connectivity index (χ2v) is 6.88. The van der Waals surface area contributed by atoms with Crippen molar-refractivity contribution in [2.75, 3.05) is 36.4 Å². The Bertz CT molecular complexity index is 837. The molecule has 2 aromatic carbocycles. The van der Waals surface area contributed by atoms with Crippen LogP contribution in [0.15, 0.2) is 48.5 Å². The van der Waals surface area contributed by atoms with Crippen molar-refractivity contribution < 1.29 is 9.72 Å². The molecule has 142 valence electrons. The van der Waals surface area contributed by atoms with Crippen LogP contribution in [0.1, 0.15) is 6.92 Å². The van der Waals surface area contributed by atoms with Crippen molar-refractivity contribution in [1.29, 1.82) is 0 Å². The molecule has 0 bridgehead atoms. The third-order valence-electron chi connectivity index (χ3n) is 4.77. The minimum Gasteiger partial charge on any atom is -0.369 e. The monoisotopic (exact) mass is 388 g/mol. The number of carbonyl (C=O) groups excluding carboxylic acids is 1. The van der Waals surface area contributed by atoms with Gasteiger partial charge in [0, 0.05) is 43.0 Å². The van der Waals surface area contributed by atoms with E-state index in [1.807, 2.05) is 31.2 Å². The Hall–Kier alpha value is -2.64. The fourth-order valence-electron chi connectivity index (χ4n) is 3.18. The number of nitrogens with zero attached hydrogens (tertiary/aromatic N) is 3. The van der Waals surface area contributed by atoms with Crippen LogP contribution in [0.5, 0.6) is 0 Å². The van der Waals surface area contributed by atoms with E-state index in [1.165, 1.54) is 6.07 Å². The summed E-state index contributed by atoms with van der Waals surface area (Å²) in [5.41, 5.74) is 1.18. The highest BCUT2D eigenvalue weighted by molar-refractivity contribution is 6.30. The number of rotatable bonds is 5. The zero-order valence-corrected chi connectivity index (χ0v) is 15.7. The Labute approximate surface area is 162 Å². The molecule has 7 nitrogen and oxygen atoms in total. The summed E-state index contributed by atoms with van der Waals surface area (Å²) in [5.74, 6) is -0.250. The van der Waals surface area contributed by atoms with Crippen LogP contribution in [0.4, 0.5) is 17.1 Å². The number of nitro benzene ring substituents is 1. The first kappa shape index (κ1) is 19.1. The highest BCUT2D eigenvalue weighted by Gasteiger charge is 2.27. The first-order valence-corrected chi connectivity index (χ1v) is 9.12. The average Bonchev–Trinajstić information content (AvgIpc) is 2.67. The Morgan fingerprint density at radius 1 is 1.15 bits per heavy atom. The van der Waals surface area contributed by atoms with E-state index in [0.29, 0.717) is 5.02 Å². The lowest BCUT2D eigenvalue weighted by Gasteiger charge is -2.38. The molecule has 0 aliphatic carbocycles. The van der Waals surface area contributed by atoms with E-state index < -0.39 is 4.92 Å². The number of anilines is 2. The SMILES string of the molecule is C[C@@H](C(=O)Nc1ccccc1[N+](=O)[O-])N1CCN(c2cccc(Cl)c2)CC1. The molecule has 1 heterocycles.